The van der Waals surface area contributed by atoms with Gasteiger partial charge < -0.3 is 9.13 Å². The molecule has 0 radical (unpaired) electrons. The number of fused-ring (bicyclic) bond motifs is 9. The second kappa shape index (κ2) is 15.1. The van der Waals surface area contributed by atoms with Gasteiger partial charge in [-0.25, -0.2) is 9.97 Å². The third-order valence-electron chi connectivity index (χ3n) is 12.5. The van der Waals surface area contributed by atoms with Crippen LogP contribution >= 0.6 is 11.3 Å². The highest BCUT2D eigenvalue weighted by atomic mass is 32.1. The van der Waals surface area contributed by atoms with Gasteiger partial charge in [0.05, 0.1) is 22.1 Å². The maximum atomic E-state index is 5.43. The summed E-state index contributed by atoms with van der Waals surface area (Å²) < 4.78 is 4.73. The maximum absolute atomic E-state index is 5.43. The van der Waals surface area contributed by atoms with Crippen molar-refractivity contribution in [3.05, 3.63) is 231 Å². The SMILES string of the molecule is c1ccc(N(c2ccc3c4ccccc4n(-c4ccccc4)c3c2)c2ccc3c(n2)sc2nc(N(c4ccccc4)c4ccc5c6ccccc6n(-c6ccccc6)c5c4)ccc23)cc1. The van der Waals surface area contributed by atoms with Gasteiger partial charge in [-0.15, -0.1) is 0 Å². The van der Waals surface area contributed by atoms with E-state index < -0.39 is 0 Å². The summed E-state index contributed by atoms with van der Waals surface area (Å²) in [5.41, 5.74) is 11.0. The van der Waals surface area contributed by atoms with Crippen LogP contribution in [0.15, 0.2) is 231 Å². The fraction of sp³-hybridized carbons (Fsp3) is 0. The van der Waals surface area contributed by atoms with Crippen molar-refractivity contribution in [2.24, 2.45) is 0 Å². The Hall–Kier alpha value is -8.52. The predicted molar refractivity (Wildman–Crippen MR) is 273 cm³/mol. The minimum Gasteiger partial charge on any atom is -0.309 e. The molecule has 0 saturated carbocycles. The van der Waals surface area contributed by atoms with Gasteiger partial charge in [0.2, 0.25) is 0 Å². The molecule has 0 saturated heterocycles. The fourth-order valence-electron chi connectivity index (χ4n) is 9.66. The highest BCUT2D eigenvalue weighted by molar-refractivity contribution is 7.25. The number of pyridine rings is 2. The number of para-hydroxylation sites is 6. The lowest BCUT2D eigenvalue weighted by molar-refractivity contribution is 1.17. The second-order valence-electron chi connectivity index (χ2n) is 16.3. The Morgan fingerprint density at radius 3 is 1.08 bits per heavy atom. The lowest BCUT2D eigenvalue weighted by atomic mass is 10.1. The Labute approximate surface area is 378 Å². The summed E-state index contributed by atoms with van der Waals surface area (Å²) in [4.78, 5) is 17.3. The highest BCUT2D eigenvalue weighted by Crippen LogP contribution is 2.43. The standard InChI is InChI=1S/C58H38N6S/c1-5-17-39(18-6-1)61(43-29-31-47-45-25-13-15-27-51(45)63(53(47)37-43)41-21-9-3-10-22-41)55-35-33-49-50-34-36-56(60-58(50)65-57(49)59-55)62(40-19-7-2-8-20-40)44-30-32-48-46-26-14-16-28-52(46)64(54(48)38-44)42-23-11-4-12-24-42/h1-38H. The van der Waals surface area contributed by atoms with Crippen molar-refractivity contribution >= 4 is 110 Å². The number of aromatic nitrogens is 4. The molecule has 0 fully saturated rings. The van der Waals surface area contributed by atoms with E-state index in [1.54, 1.807) is 11.3 Å². The number of nitrogens with zero attached hydrogens (tertiary/aromatic N) is 6. The Morgan fingerprint density at radius 2 is 0.646 bits per heavy atom. The highest BCUT2D eigenvalue weighted by Gasteiger charge is 2.22. The Balaban J connectivity index is 0.949. The normalized spacial score (nSPS) is 11.7. The zero-order valence-electron chi connectivity index (χ0n) is 35.0. The molecule has 13 aromatic rings. The number of thiophene rings is 1. The fourth-order valence-corrected chi connectivity index (χ4v) is 10.7. The molecule has 0 aliphatic rings. The molecule has 5 heterocycles. The second-order valence-corrected chi connectivity index (χ2v) is 17.2. The minimum absolute atomic E-state index is 0.838. The summed E-state index contributed by atoms with van der Waals surface area (Å²) in [6, 6.07) is 81.8. The molecule has 0 aliphatic heterocycles. The summed E-state index contributed by atoms with van der Waals surface area (Å²) in [5.74, 6) is 1.68. The van der Waals surface area contributed by atoms with E-state index in [1.165, 1.54) is 32.6 Å². The lowest BCUT2D eigenvalue weighted by Gasteiger charge is -2.24. The van der Waals surface area contributed by atoms with Crippen molar-refractivity contribution in [1.29, 1.82) is 0 Å². The van der Waals surface area contributed by atoms with Gasteiger partial charge in [-0.2, -0.15) is 0 Å². The monoisotopic (exact) mass is 850 g/mol. The van der Waals surface area contributed by atoms with Crippen molar-refractivity contribution in [3.63, 3.8) is 0 Å². The average molecular weight is 851 g/mol. The van der Waals surface area contributed by atoms with Crippen molar-refractivity contribution in [2.45, 2.75) is 0 Å². The van der Waals surface area contributed by atoms with E-state index in [2.05, 4.69) is 249 Å². The van der Waals surface area contributed by atoms with Crippen LogP contribution in [0.1, 0.15) is 0 Å². The van der Waals surface area contributed by atoms with Crippen LogP contribution < -0.4 is 9.80 Å². The summed E-state index contributed by atoms with van der Waals surface area (Å²) >= 11 is 1.63. The average Bonchev–Trinajstić information content (AvgIpc) is 4.02. The summed E-state index contributed by atoms with van der Waals surface area (Å²) in [6.45, 7) is 0. The van der Waals surface area contributed by atoms with Crippen LogP contribution in [-0.4, -0.2) is 19.1 Å². The minimum atomic E-state index is 0.838. The first kappa shape index (κ1) is 37.1. The molecule has 0 atom stereocenters. The molecule has 306 valence electrons. The third kappa shape index (κ3) is 6.09. The van der Waals surface area contributed by atoms with Gasteiger partial charge in [-0.1, -0.05) is 133 Å². The first-order chi connectivity index (χ1) is 32.2. The quantitative estimate of drug-likeness (QED) is 0.153. The van der Waals surface area contributed by atoms with Crippen molar-refractivity contribution in [2.75, 3.05) is 9.80 Å². The smallest absolute Gasteiger partial charge is 0.139 e. The molecule has 8 aromatic carbocycles. The van der Waals surface area contributed by atoms with Gasteiger partial charge in [-0.3, -0.25) is 9.80 Å². The van der Waals surface area contributed by atoms with Crippen LogP contribution in [0.25, 0.3) is 75.4 Å². The number of hydrogen-bond donors (Lipinski definition) is 0. The van der Waals surface area contributed by atoms with Gasteiger partial charge >= 0.3 is 0 Å². The van der Waals surface area contributed by atoms with E-state index >= 15 is 0 Å². The zero-order chi connectivity index (χ0) is 42.8. The van der Waals surface area contributed by atoms with E-state index in [0.717, 1.165) is 77.2 Å². The molecule has 0 amide bonds. The van der Waals surface area contributed by atoms with Gasteiger partial charge in [0.1, 0.15) is 21.3 Å². The first-order valence-corrected chi connectivity index (χ1v) is 22.6. The molecule has 0 aliphatic carbocycles. The Bertz CT molecular complexity index is 3640. The molecule has 0 unspecified atom stereocenters. The first-order valence-electron chi connectivity index (χ1n) is 21.8. The molecular weight excluding hydrogens is 813 g/mol. The molecule has 6 nitrogen and oxygen atoms in total. The van der Waals surface area contributed by atoms with E-state index in [0.29, 0.717) is 0 Å². The predicted octanol–water partition coefficient (Wildman–Crippen LogP) is 16.0. The summed E-state index contributed by atoms with van der Waals surface area (Å²) in [7, 11) is 0. The maximum Gasteiger partial charge on any atom is 0.139 e. The van der Waals surface area contributed by atoms with Crippen LogP contribution in [-0.2, 0) is 0 Å². The van der Waals surface area contributed by atoms with Crippen molar-refractivity contribution in [3.8, 4) is 11.4 Å². The molecule has 65 heavy (non-hydrogen) atoms. The third-order valence-corrected chi connectivity index (χ3v) is 13.5. The van der Waals surface area contributed by atoms with E-state index in [-0.39, 0.29) is 0 Å². The van der Waals surface area contributed by atoms with Crippen molar-refractivity contribution in [1.82, 2.24) is 19.1 Å². The number of hydrogen-bond acceptors (Lipinski definition) is 5. The van der Waals surface area contributed by atoms with Crippen LogP contribution in [0.2, 0.25) is 0 Å². The van der Waals surface area contributed by atoms with E-state index in [9.17, 15) is 0 Å². The molecule has 0 spiro atoms. The van der Waals surface area contributed by atoms with Crippen molar-refractivity contribution < 1.29 is 0 Å². The van der Waals surface area contributed by atoms with Gasteiger partial charge in [-0.05, 0) is 109 Å². The van der Waals surface area contributed by atoms with Crippen LogP contribution in [0.5, 0.6) is 0 Å². The molecule has 5 aromatic heterocycles. The van der Waals surface area contributed by atoms with Gasteiger partial charge in [0.15, 0.2) is 0 Å². The number of benzene rings is 8. The molecule has 0 bridgehead atoms. The largest absolute Gasteiger partial charge is 0.309 e. The van der Waals surface area contributed by atoms with E-state index in [1.807, 2.05) is 0 Å². The molecule has 7 heteroatoms. The summed E-state index contributed by atoms with van der Waals surface area (Å²) in [6.07, 6.45) is 0. The lowest BCUT2D eigenvalue weighted by Crippen LogP contribution is -2.11. The molecule has 13 rings (SSSR count). The van der Waals surface area contributed by atoms with Crippen LogP contribution in [0.3, 0.4) is 0 Å². The number of rotatable bonds is 8. The zero-order valence-corrected chi connectivity index (χ0v) is 35.8. The van der Waals surface area contributed by atoms with Gasteiger partial charge in [0.25, 0.3) is 0 Å². The number of anilines is 6. The summed E-state index contributed by atoms with van der Waals surface area (Å²) in [5, 5.41) is 7.03. The van der Waals surface area contributed by atoms with E-state index in [4.69, 9.17) is 9.97 Å². The van der Waals surface area contributed by atoms with Gasteiger partial charge in [0, 0.05) is 66.4 Å². The van der Waals surface area contributed by atoms with Crippen LogP contribution in [0.4, 0.5) is 34.4 Å². The Kier molecular flexibility index (Phi) is 8.60. The topological polar surface area (TPSA) is 42.1 Å². The van der Waals surface area contributed by atoms with Crippen LogP contribution in [0, 0.1) is 0 Å². The molecule has 0 N–H and O–H groups in total. The molecular formula is C58H38N6S. The Morgan fingerprint density at radius 1 is 0.292 bits per heavy atom.